The lowest BCUT2D eigenvalue weighted by Gasteiger charge is -2.23. The van der Waals surface area contributed by atoms with Crippen molar-refractivity contribution in [1.82, 2.24) is 4.98 Å². The fraction of sp³-hybridized carbons (Fsp3) is 0.455. The van der Waals surface area contributed by atoms with E-state index in [1.807, 2.05) is 13.8 Å². The molecule has 0 aromatic carbocycles. The zero-order chi connectivity index (χ0) is 14.6. The molecule has 0 saturated heterocycles. The highest BCUT2D eigenvalue weighted by atomic mass is 16.6. The number of anilines is 2. The number of amides is 1. The van der Waals surface area contributed by atoms with Crippen molar-refractivity contribution in [3.63, 3.8) is 0 Å². The number of nitrogens with zero attached hydrogens (tertiary/aromatic N) is 3. The molecule has 1 rings (SSSR count). The van der Waals surface area contributed by atoms with Gasteiger partial charge in [-0.2, -0.15) is 0 Å². The van der Waals surface area contributed by atoms with Gasteiger partial charge in [0.15, 0.2) is 0 Å². The van der Waals surface area contributed by atoms with Gasteiger partial charge in [-0.05, 0) is 12.0 Å². The quantitative estimate of drug-likeness (QED) is 0.571. The van der Waals surface area contributed by atoms with Gasteiger partial charge in [0.2, 0.25) is 11.7 Å². The number of hydrogen-bond donors (Lipinski definition) is 2. The van der Waals surface area contributed by atoms with Crippen LogP contribution in [0.1, 0.15) is 13.8 Å². The van der Waals surface area contributed by atoms with Crippen LogP contribution >= 0.6 is 0 Å². The predicted molar refractivity (Wildman–Crippen MR) is 71.5 cm³/mol. The average Bonchev–Trinajstić information content (AvgIpc) is 2.26. The zero-order valence-corrected chi connectivity index (χ0v) is 10.9. The Labute approximate surface area is 110 Å². The number of hydrogen-bond acceptors (Lipinski definition) is 6. The van der Waals surface area contributed by atoms with Crippen molar-refractivity contribution in [3.8, 4) is 0 Å². The van der Waals surface area contributed by atoms with Gasteiger partial charge in [-0.1, -0.05) is 13.8 Å². The summed E-state index contributed by atoms with van der Waals surface area (Å²) in [6, 6.07) is 2.62. The molecule has 19 heavy (non-hydrogen) atoms. The Bertz CT molecular complexity index is 489. The lowest BCUT2D eigenvalue weighted by atomic mass is 10.2. The molecule has 0 atom stereocenters. The van der Waals surface area contributed by atoms with Gasteiger partial charge in [0, 0.05) is 12.6 Å². The smallest absolute Gasteiger partial charge is 0.311 e. The Morgan fingerprint density at radius 1 is 1.53 bits per heavy atom. The molecule has 0 aliphatic heterocycles. The number of primary amides is 1. The Balaban J connectivity index is 3.22. The summed E-state index contributed by atoms with van der Waals surface area (Å²) in [5, 5.41) is 11.0. The summed E-state index contributed by atoms with van der Waals surface area (Å²) in [7, 11) is 0. The van der Waals surface area contributed by atoms with E-state index in [4.69, 9.17) is 11.5 Å². The van der Waals surface area contributed by atoms with Gasteiger partial charge < -0.3 is 16.4 Å². The Morgan fingerprint density at radius 3 is 2.63 bits per heavy atom. The summed E-state index contributed by atoms with van der Waals surface area (Å²) in [6.45, 7) is 4.12. The average molecular weight is 267 g/mol. The third-order valence-electron chi connectivity index (χ3n) is 2.30. The molecule has 0 radical (unpaired) electrons. The molecule has 0 aliphatic rings. The van der Waals surface area contributed by atoms with Crippen molar-refractivity contribution in [2.75, 3.05) is 23.7 Å². The van der Waals surface area contributed by atoms with Crippen LogP contribution in [0, 0.1) is 16.0 Å². The van der Waals surface area contributed by atoms with Crippen molar-refractivity contribution >= 4 is 23.2 Å². The maximum atomic E-state index is 11.1. The number of nitro groups is 1. The van der Waals surface area contributed by atoms with Crippen molar-refractivity contribution in [2.24, 2.45) is 11.7 Å². The third kappa shape index (κ3) is 4.09. The van der Waals surface area contributed by atoms with Crippen LogP contribution in [0.5, 0.6) is 0 Å². The van der Waals surface area contributed by atoms with Crippen LogP contribution in [-0.2, 0) is 4.79 Å². The molecule has 1 amide bonds. The monoisotopic (exact) mass is 267 g/mol. The van der Waals surface area contributed by atoms with Gasteiger partial charge in [-0.3, -0.25) is 14.9 Å². The molecule has 8 nitrogen and oxygen atoms in total. The standard InChI is InChI=1S/C11H17N5O3/c1-7(2)5-15(6-10(13)17)11-8(16(18)19)3-4-9(12)14-11/h3-4,7H,5-6H2,1-2H3,(H2,12,14)(H2,13,17). The van der Waals surface area contributed by atoms with E-state index in [0.717, 1.165) is 0 Å². The number of carbonyl (C=O) groups is 1. The molecule has 0 spiro atoms. The second-order valence-corrected chi connectivity index (χ2v) is 4.58. The molecule has 0 unspecified atom stereocenters. The van der Waals surface area contributed by atoms with Crippen molar-refractivity contribution in [3.05, 3.63) is 22.2 Å². The van der Waals surface area contributed by atoms with Crippen molar-refractivity contribution in [1.29, 1.82) is 0 Å². The summed E-state index contributed by atoms with van der Waals surface area (Å²) >= 11 is 0. The van der Waals surface area contributed by atoms with E-state index in [2.05, 4.69) is 4.98 Å². The molecule has 0 fully saturated rings. The zero-order valence-electron chi connectivity index (χ0n) is 10.9. The van der Waals surface area contributed by atoms with Crippen molar-refractivity contribution < 1.29 is 9.72 Å². The van der Waals surface area contributed by atoms with E-state index in [1.165, 1.54) is 17.0 Å². The van der Waals surface area contributed by atoms with E-state index in [0.29, 0.717) is 6.54 Å². The van der Waals surface area contributed by atoms with Gasteiger partial charge in [-0.25, -0.2) is 4.98 Å². The summed E-state index contributed by atoms with van der Waals surface area (Å²) in [6.07, 6.45) is 0. The van der Waals surface area contributed by atoms with E-state index >= 15 is 0 Å². The largest absolute Gasteiger partial charge is 0.384 e. The lowest BCUT2D eigenvalue weighted by molar-refractivity contribution is -0.384. The topological polar surface area (TPSA) is 128 Å². The summed E-state index contributed by atoms with van der Waals surface area (Å²) < 4.78 is 0. The summed E-state index contributed by atoms with van der Waals surface area (Å²) in [5.41, 5.74) is 10.5. The Kier molecular flexibility index (Phi) is 4.62. The molecule has 1 aromatic rings. The van der Waals surface area contributed by atoms with Crippen LogP contribution < -0.4 is 16.4 Å². The van der Waals surface area contributed by atoms with Crippen LogP contribution in [0.15, 0.2) is 12.1 Å². The molecular formula is C11H17N5O3. The molecule has 4 N–H and O–H groups in total. The van der Waals surface area contributed by atoms with E-state index in [-0.39, 0.29) is 29.8 Å². The van der Waals surface area contributed by atoms with Crippen molar-refractivity contribution in [2.45, 2.75) is 13.8 Å². The van der Waals surface area contributed by atoms with Gasteiger partial charge in [-0.15, -0.1) is 0 Å². The lowest BCUT2D eigenvalue weighted by Crippen LogP contribution is -2.37. The summed E-state index contributed by atoms with van der Waals surface area (Å²) in [5.74, 6) is -0.183. The van der Waals surface area contributed by atoms with E-state index in [9.17, 15) is 14.9 Å². The maximum Gasteiger partial charge on any atom is 0.311 e. The molecule has 1 aromatic heterocycles. The number of pyridine rings is 1. The number of nitrogens with two attached hydrogens (primary N) is 2. The first-order valence-electron chi connectivity index (χ1n) is 5.75. The van der Waals surface area contributed by atoms with Crippen LogP contribution in [0.2, 0.25) is 0 Å². The molecular weight excluding hydrogens is 250 g/mol. The molecule has 0 aliphatic carbocycles. The van der Waals surface area contributed by atoms with Gasteiger partial charge in [0.05, 0.1) is 11.5 Å². The number of aromatic nitrogens is 1. The number of nitrogen functional groups attached to an aromatic ring is 1. The highest BCUT2D eigenvalue weighted by Crippen LogP contribution is 2.27. The molecule has 1 heterocycles. The fourth-order valence-electron chi connectivity index (χ4n) is 1.69. The SMILES string of the molecule is CC(C)CN(CC(N)=O)c1nc(N)ccc1[N+](=O)[O-]. The highest BCUT2D eigenvalue weighted by Gasteiger charge is 2.23. The highest BCUT2D eigenvalue weighted by molar-refractivity contribution is 5.80. The normalized spacial score (nSPS) is 10.5. The minimum atomic E-state index is -0.584. The van der Waals surface area contributed by atoms with E-state index in [1.54, 1.807) is 0 Å². The molecule has 0 bridgehead atoms. The van der Waals surface area contributed by atoms with Crippen LogP contribution in [0.25, 0.3) is 0 Å². The van der Waals surface area contributed by atoms with E-state index < -0.39 is 10.8 Å². The van der Waals surface area contributed by atoms with Crippen LogP contribution in [0.4, 0.5) is 17.3 Å². The first-order chi connectivity index (χ1) is 8.81. The second kappa shape index (κ2) is 5.98. The van der Waals surface area contributed by atoms with Gasteiger partial charge in [0.25, 0.3) is 0 Å². The summed E-state index contributed by atoms with van der Waals surface area (Å²) in [4.78, 5) is 26.9. The molecule has 8 heteroatoms. The van der Waals surface area contributed by atoms with Gasteiger partial charge in [0.1, 0.15) is 5.82 Å². The maximum absolute atomic E-state index is 11.1. The minimum Gasteiger partial charge on any atom is -0.384 e. The predicted octanol–water partition coefficient (Wildman–Crippen LogP) is 0.520. The first-order valence-corrected chi connectivity index (χ1v) is 5.75. The second-order valence-electron chi connectivity index (χ2n) is 4.58. The van der Waals surface area contributed by atoms with Crippen LogP contribution in [0.3, 0.4) is 0 Å². The third-order valence-corrected chi connectivity index (χ3v) is 2.30. The minimum absolute atomic E-state index is 0.0671. The first kappa shape index (κ1) is 14.7. The Morgan fingerprint density at radius 2 is 2.16 bits per heavy atom. The molecule has 0 saturated carbocycles. The Hall–Kier alpha value is -2.38. The molecule has 104 valence electrons. The van der Waals surface area contributed by atoms with Gasteiger partial charge >= 0.3 is 5.69 Å². The number of carbonyl (C=O) groups excluding carboxylic acids is 1. The fourth-order valence-corrected chi connectivity index (χ4v) is 1.69. The van der Waals surface area contributed by atoms with Crippen LogP contribution in [-0.4, -0.2) is 28.9 Å². The number of rotatable bonds is 6.